The third-order valence-electron chi connectivity index (χ3n) is 3.50. The minimum atomic E-state index is -0.0359. The van der Waals surface area contributed by atoms with Gasteiger partial charge in [0.25, 0.3) is 0 Å². The van der Waals surface area contributed by atoms with Gasteiger partial charge in [-0.05, 0) is 56.7 Å². The number of thioether (sulfide) groups is 1. The molecule has 0 unspecified atom stereocenters. The minimum absolute atomic E-state index is 0.0359. The number of allylic oxidation sites excluding steroid dienone is 2. The van der Waals surface area contributed by atoms with Crippen molar-refractivity contribution in [2.45, 2.75) is 71.1 Å². The minimum Gasteiger partial charge on any atom is -0.338 e. The van der Waals surface area contributed by atoms with Gasteiger partial charge in [0.15, 0.2) is 0 Å². The van der Waals surface area contributed by atoms with Gasteiger partial charge in [-0.1, -0.05) is 38.3 Å². The van der Waals surface area contributed by atoms with Gasteiger partial charge in [-0.25, -0.2) is 4.79 Å². The van der Waals surface area contributed by atoms with Crippen molar-refractivity contribution in [2.75, 3.05) is 18.8 Å². The lowest BCUT2D eigenvalue weighted by Crippen LogP contribution is -2.36. The van der Waals surface area contributed by atoms with Crippen molar-refractivity contribution in [3.8, 4) is 5.40 Å². The number of rotatable bonds is 15. The van der Waals surface area contributed by atoms with Gasteiger partial charge in [-0.15, -0.1) is 0 Å². The highest BCUT2D eigenvalue weighted by atomic mass is 32.2. The molecule has 0 bridgehead atoms. The summed E-state index contributed by atoms with van der Waals surface area (Å²) in [5, 5.41) is 16.3. The molecule has 0 aliphatic carbocycles. The second-order valence-corrected chi connectivity index (χ2v) is 6.53. The monoisotopic (exact) mass is 339 g/mol. The first-order chi connectivity index (χ1) is 11.3. The first kappa shape index (κ1) is 21.9. The Kier molecular flexibility index (Phi) is 18.0. The van der Waals surface area contributed by atoms with Gasteiger partial charge in [0.1, 0.15) is 5.40 Å². The van der Waals surface area contributed by atoms with E-state index in [1.165, 1.54) is 37.4 Å². The lowest BCUT2D eigenvalue weighted by molar-refractivity contribution is 0.240. The van der Waals surface area contributed by atoms with Crippen LogP contribution in [0.4, 0.5) is 4.79 Å². The van der Waals surface area contributed by atoms with Crippen LogP contribution in [0.2, 0.25) is 0 Å². The fourth-order valence-electron chi connectivity index (χ4n) is 2.12. The van der Waals surface area contributed by atoms with Crippen LogP contribution in [0.25, 0.3) is 0 Å². The zero-order valence-corrected chi connectivity index (χ0v) is 15.4. The summed E-state index contributed by atoms with van der Waals surface area (Å²) in [7, 11) is 0. The van der Waals surface area contributed by atoms with Crippen molar-refractivity contribution < 1.29 is 4.79 Å². The lowest BCUT2D eigenvalue weighted by atomic mass is 10.1. The molecule has 0 rings (SSSR count). The largest absolute Gasteiger partial charge is 0.338 e. The molecule has 0 saturated heterocycles. The van der Waals surface area contributed by atoms with E-state index in [-0.39, 0.29) is 6.03 Å². The molecule has 0 heterocycles. The molecule has 0 aliphatic heterocycles. The van der Waals surface area contributed by atoms with E-state index in [0.717, 1.165) is 57.4 Å². The molecule has 23 heavy (non-hydrogen) atoms. The Morgan fingerprint density at radius 3 is 2.17 bits per heavy atom. The maximum absolute atomic E-state index is 11.5. The maximum atomic E-state index is 11.5. The molecule has 2 amide bonds. The number of hydrogen-bond donors (Lipinski definition) is 2. The molecule has 0 aromatic carbocycles. The number of urea groups is 1. The number of unbranched alkanes of at least 4 members (excludes halogenated alkanes) is 7. The number of carbonyl (C=O) groups is 1. The number of nitrogens with one attached hydrogen (secondary N) is 2. The number of amides is 2. The van der Waals surface area contributed by atoms with E-state index < -0.39 is 0 Å². The van der Waals surface area contributed by atoms with Crippen LogP contribution in [-0.2, 0) is 0 Å². The van der Waals surface area contributed by atoms with Crippen molar-refractivity contribution in [3.05, 3.63) is 12.2 Å². The summed E-state index contributed by atoms with van der Waals surface area (Å²) in [4.78, 5) is 11.5. The number of nitrogens with zero attached hydrogens (tertiary/aromatic N) is 1. The normalized spacial score (nSPS) is 10.6. The summed E-state index contributed by atoms with van der Waals surface area (Å²) in [5.41, 5.74) is 0. The van der Waals surface area contributed by atoms with Crippen LogP contribution in [0.1, 0.15) is 71.1 Å². The van der Waals surface area contributed by atoms with Crippen LogP contribution in [0.15, 0.2) is 12.2 Å². The second-order valence-electron chi connectivity index (χ2n) is 5.65. The molecule has 0 saturated carbocycles. The summed E-state index contributed by atoms with van der Waals surface area (Å²) in [6.07, 6.45) is 15.8. The summed E-state index contributed by atoms with van der Waals surface area (Å²) >= 11 is 1.35. The molecule has 0 fully saturated rings. The van der Waals surface area contributed by atoms with Crippen LogP contribution in [0.5, 0.6) is 0 Å². The number of carbonyl (C=O) groups excluding carboxylic acids is 1. The first-order valence-corrected chi connectivity index (χ1v) is 9.97. The number of thiocyanates is 1. The van der Waals surface area contributed by atoms with E-state index in [0.29, 0.717) is 0 Å². The van der Waals surface area contributed by atoms with Crippen LogP contribution in [0, 0.1) is 10.7 Å². The summed E-state index contributed by atoms with van der Waals surface area (Å²) in [6.45, 7) is 3.69. The van der Waals surface area contributed by atoms with E-state index in [9.17, 15) is 4.79 Å². The topological polar surface area (TPSA) is 64.9 Å². The third-order valence-corrected chi connectivity index (χ3v) is 4.12. The Bertz CT molecular complexity index is 340. The number of nitriles is 1. The molecule has 132 valence electrons. The molecule has 5 heteroatoms. The summed E-state index contributed by atoms with van der Waals surface area (Å²) in [6, 6.07) is -0.0359. The van der Waals surface area contributed by atoms with Crippen molar-refractivity contribution in [3.63, 3.8) is 0 Å². The van der Waals surface area contributed by atoms with Gasteiger partial charge in [-0.3, -0.25) is 0 Å². The fourth-order valence-corrected chi connectivity index (χ4v) is 2.56. The quantitative estimate of drug-likeness (QED) is 0.251. The van der Waals surface area contributed by atoms with Crippen molar-refractivity contribution in [2.24, 2.45) is 0 Å². The average Bonchev–Trinajstić information content (AvgIpc) is 2.56. The van der Waals surface area contributed by atoms with Gasteiger partial charge < -0.3 is 10.6 Å². The van der Waals surface area contributed by atoms with Gasteiger partial charge in [0.2, 0.25) is 0 Å². The zero-order valence-electron chi connectivity index (χ0n) is 14.6. The summed E-state index contributed by atoms with van der Waals surface area (Å²) in [5.74, 6) is 0.958. The predicted molar refractivity (Wildman–Crippen MR) is 100 cm³/mol. The SMILES string of the molecule is CCCCCNC(=O)NCCCC/C=C\CCCCCSC#N. The van der Waals surface area contributed by atoms with Crippen molar-refractivity contribution in [1.82, 2.24) is 10.6 Å². The molecule has 0 radical (unpaired) electrons. The smallest absolute Gasteiger partial charge is 0.314 e. The summed E-state index contributed by atoms with van der Waals surface area (Å²) < 4.78 is 0. The van der Waals surface area contributed by atoms with E-state index in [2.05, 4.69) is 35.1 Å². The number of hydrogen-bond acceptors (Lipinski definition) is 3. The van der Waals surface area contributed by atoms with E-state index >= 15 is 0 Å². The Morgan fingerprint density at radius 1 is 0.957 bits per heavy atom. The molecule has 0 aliphatic rings. The highest BCUT2D eigenvalue weighted by Gasteiger charge is 1.97. The van der Waals surface area contributed by atoms with Gasteiger partial charge in [0, 0.05) is 18.8 Å². The van der Waals surface area contributed by atoms with Gasteiger partial charge >= 0.3 is 6.03 Å². The molecule has 0 aromatic heterocycles. The van der Waals surface area contributed by atoms with Crippen LogP contribution < -0.4 is 10.6 Å². The van der Waals surface area contributed by atoms with Crippen LogP contribution in [0.3, 0.4) is 0 Å². The van der Waals surface area contributed by atoms with Crippen molar-refractivity contribution >= 4 is 17.8 Å². The Morgan fingerprint density at radius 2 is 1.57 bits per heavy atom. The molecular formula is C18H33N3OS. The molecule has 2 N–H and O–H groups in total. The maximum Gasteiger partial charge on any atom is 0.314 e. The highest BCUT2D eigenvalue weighted by Crippen LogP contribution is 2.07. The van der Waals surface area contributed by atoms with Crippen LogP contribution >= 0.6 is 11.8 Å². The Hall–Kier alpha value is -1.15. The van der Waals surface area contributed by atoms with E-state index in [1.54, 1.807) is 0 Å². The molecule has 0 spiro atoms. The predicted octanol–water partition coefficient (Wildman–Crippen LogP) is 4.98. The van der Waals surface area contributed by atoms with Gasteiger partial charge in [0.05, 0.1) is 0 Å². The Labute approximate surface area is 146 Å². The van der Waals surface area contributed by atoms with Crippen molar-refractivity contribution in [1.29, 1.82) is 5.26 Å². The highest BCUT2D eigenvalue weighted by molar-refractivity contribution is 8.03. The van der Waals surface area contributed by atoms with E-state index in [1.807, 2.05) is 0 Å². The lowest BCUT2D eigenvalue weighted by Gasteiger charge is -2.06. The average molecular weight is 340 g/mol. The third kappa shape index (κ3) is 18.8. The molecular weight excluding hydrogens is 306 g/mol. The molecule has 4 nitrogen and oxygen atoms in total. The Balaban J connectivity index is 3.21. The molecule has 0 atom stereocenters. The zero-order chi connectivity index (χ0) is 17.0. The standard InChI is InChI=1S/C18H33N3OS/c1-2-3-11-14-20-18(22)21-15-12-9-7-5-4-6-8-10-13-16-23-17-19/h4-5H,2-3,6-16H2,1H3,(H2,20,21,22)/b5-4-. The van der Waals surface area contributed by atoms with Crippen LogP contribution in [-0.4, -0.2) is 24.9 Å². The molecule has 0 aromatic rings. The van der Waals surface area contributed by atoms with Gasteiger partial charge in [-0.2, -0.15) is 5.26 Å². The second kappa shape index (κ2) is 18.9. The fraction of sp³-hybridized carbons (Fsp3) is 0.778. The first-order valence-electron chi connectivity index (χ1n) is 8.98. The van der Waals surface area contributed by atoms with E-state index in [4.69, 9.17) is 5.26 Å².